The van der Waals surface area contributed by atoms with Crippen LogP contribution in [0.15, 0.2) is 42.5 Å². The summed E-state index contributed by atoms with van der Waals surface area (Å²) >= 11 is 0. The number of carbonyl (C=O) groups excluding carboxylic acids is 3. The van der Waals surface area contributed by atoms with Crippen molar-refractivity contribution in [2.24, 2.45) is 0 Å². The lowest BCUT2D eigenvalue weighted by atomic mass is 10.1. The first-order chi connectivity index (χ1) is 15.4. The lowest BCUT2D eigenvalue weighted by molar-refractivity contribution is -0.139. The second kappa shape index (κ2) is 9.42. The van der Waals surface area contributed by atoms with E-state index in [1.165, 1.54) is 4.90 Å². The van der Waals surface area contributed by atoms with Gasteiger partial charge in [-0.2, -0.15) is 0 Å². The van der Waals surface area contributed by atoms with Crippen LogP contribution in [0.4, 0.5) is 0 Å². The van der Waals surface area contributed by atoms with Crippen LogP contribution in [0, 0.1) is 6.92 Å². The number of benzene rings is 2. The quantitative estimate of drug-likeness (QED) is 0.673. The summed E-state index contributed by atoms with van der Waals surface area (Å²) in [6.07, 6.45) is 4.29. The Morgan fingerprint density at radius 1 is 1.09 bits per heavy atom. The van der Waals surface area contributed by atoms with Crippen molar-refractivity contribution in [3.63, 3.8) is 0 Å². The fourth-order valence-electron chi connectivity index (χ4n) is 4.29. The predicted molar refractivity (Wildman–Crippen MR) is 118 cm³/mol. The van der Waals surface area contributed by atoms with Gasteiger partial charge in [-0.1, -0.05) is 29.8 Å². The molecular formula is C25H28N2O5. The third kappa shape index (κ3) is 4.77. The summed E-state index contributed by atoms with van der Waals surface area (Å²) in [7, 11) is 1.56. The fraction of sp³-hybridized carbons (Fsp3) is 0.400. The predicted octanol–water partition coefficient (Wildman–Crippen LogP) is 3.38. The number of nitrogens with zero attached hydrogens (tertiary/aromatic N) is 1. The van der Waals surface area contributed by atoms with Crippen LogP contribution in [0.1, 0.15) is 53.6 Å². The van der Waals surface area contributed by atoms with E-state index in [4.69, 9.17) is 9.47 Å². The van der Waals surface area contributed by atoms with Crippen molar-refractivity contribution in [2.75, 3.05) is 7.11 Å². The highest BCUT2D eigenvalue weighted by molar-refractivity contribution is 6.08. The molecule has 0 aromatic heterocycles. The van der Waals surface area contributed by atoms with E-state index < -0.39 is 11.9 Å². The van der Waals surface area contributed by atoms with Gasteiger partial charge in [0.25, 0.3) is 11.8 Å². The van der Waals surface area contributed by atoms with Crippen LogP contribution < -0.4 is 14.8 Å². The largest absolute Gasteiger partial charge is 0.493 e. The molecule has 0 unspecified atom stereocenters. The van der Waals surface area contributed by atoms with E-state index in [1.807, 2.05) is 31.2 Å². The van der Waals surface area contributed by atoms with E-state index in [2.05, 4.69) is 5.32 Å². The average Bonchev–Trinajstić information content (AvgIpc) is 3.37. The molecule has 1 N–H and O–H groups in total. The topological polar surface area (TPSA) is 84.9 Å². The van der Waals surface area contributed by atoms with Crippen molar-refractivity contribution in [2.45, 2.75) is 57.7 Å². The number of amides is 3. The molecular weight excluding hydrogens is 408 g/mol. The summed E-state index contributed by atoms with van der Waals surface area (Å²) in [5, 5.41) is 2.71. The van der Waals surface area contributed by atoms with Crippen molar-refractivity contribution in [3.05, 3.63) is 59.2 Å². The average molecular weight is 437 g/mol. The molecule has 7 nitrogen and oxygen atoms in total. The highest BCUT2D eigenvalue weighted by Gasteiger charge is 2.39. The monoisotopic (exact) mass is 436 g/mol. The van der Waals surface area contributed by atoms with Crippen molar-refractivity contribution in [1.29, 1.82) is 0 Å². The molecule has 1 heterocycles. The van der Waals surface area contributed by atoms with Crippen LogP contribution in [0.2, 0.25) is 0 Å². The van der Waals surface area contributed by atoms with Gasteiger partial charge in [0.05, 0.1) is 26.2 Å². The Labute approximate surface area is 187 Å². The van der Waals surface area contributed by atoms with Gasteiger partial charge in [0, 0.05) is 5.56 Å². The molecule has 32 heavy (non-hydrogen) atoms. The highest BCUT2D eigenvalue weighted by atomic mass is 16.5. The van der Waals surface area contributed by atoms with Crippen molar-refractivity contribution in [3.8, 4) is 11.5 Å². The lowest BCUT2D eigenvalue weighted by Gasteiger charge is -2.18. The molecule has 1 saturated carbocycles. The Hall–Kier alpha value is -3.35. The van der Waals surface area contributed by atoms with Crippen LogP contribution in [-0.2, 0) is 16.1 Å². The zero-order valence-corrected chi connectivity index (χ0v) is 18.4. The van der Waals surface area contributed by atoms with Gasteiger partial charge in [0.2, 0.25) is 5.91 Å². The van der Waals surface area contributed by atoms with Gasteiger partial charge in [0.1, 0.15) is 6.04 Å². The number of ether oxygens (including phenoxy) is 2. The maximum atomic E-state index is 12.9. The number of nitrogens with one attached hydrogen (secondary N) is 1. The molecule has 2 aromatic rings. The molecule has 168 valence electrons. The molecule has 2 aliphatic rings. The normalized spacial score (nSPS) is 18.8. The first kappa shape index (κ1) is 21.9. The van der Waals surface area contributed by atoms with Gasteiger partial charge in [-0.05, 0) is 56.4 Å². The summed E-state index contributed by atoms with van der Waals surface area (Å²) < 4.78 is 11.4. The maximum absolute atomic E-state index is 12.9. The van der Waals surface area contributed by atoms with Gasteiger partial charge in [-0.3, -0.25) is 19.3 Å². The number of methoxy groups -OCH3 is 1. The minimum absolute atomic E-state index is 0.0437. The van der Waals surface area contributed by atoms with E-state index in [9.17, 15) is 14.4 Å². The Morgan fingerprint density at radius 3 is 2.59 bits per heavy atom. The van der Waals surface area contributed by atoms with Crippen LogP contribution in [-0.4, -0.2) is 41.9 Å². The molecule has 4 rings (SSSR count). The molecule has 7 heteroatoms. The third-order valence-corrected chi connectivity index (χ3v) is 5.99. The summed E-state index contributed by atoms with van der Waals surface area (Å²) in [5.74, 6) is -0.0260. The van der Waals surface area contributed by atoms with Crippen molar-refractivity contribution in [1.82, 2.24) is 10.2 Å². The molecule has 0 radical (unpaired) electrons. The Kier molecular flexibility index (Phi) is 6.44. The highest BCUT2D eigenvalue weighted by Crippen LogP contribution is 2.32. The molecule has 1 atom stereocenters. The molecule has 3 amide bonds. The second-order valence-electron chi connectivity index (χ2n) is 8.43. The molecule has 0 bridgehead atoms. The van der Waals surface area contributed by atoms with Gasteiger partial charge < -0.3 is 14.8 Å². The number of aryl methyl sites for hydroxylation is 1. The zero-order valence-electron chi connectivity index (χ0n) is 18.4. The van der Waals surface area contributed by atoms with Gasteiger partial charge >= 0.3 is 0 Å². The SMILES string of the molecule is COc1ccc(C(=O)N[C@H]2CC(=O)N(Cc3cccc(C)c3)C2=O)cc1OC1CCCC1. The molecule has 1 aliphatic carbocycles. The Balaban J connectivity index is 1.44. The number of carbonyl (C=O) groups is 3. The fourth-order valence-corrected chi connectivity index (χ4v) is 4.29. The smallest absolute Gasteiger partial charge is 0.252 e. The molecule has 1 saturated heterocycles. The summed E-state index contributed by atoms with van der Waals surface area (Å²) in [5.41, 5.74) is 2.29. The number of hydrogen-bond acceptors (Lipinski definition) is 5. The minimum atomic E-state index is -0.874. The number of likely N-dealkylation sites (tertiary alicyclic amines) is 1. The van der Waals surface area contributed by atoms with Crippen LogP contribution >= 0.6 is 0 Å². The minimum Gasteiger partial charge on any atom is -0.493 e. The van der Waals surface area contributed by atoms with E-state index in [0.29, 0.717) is 17.1 Å². The zero-order chi connectivity index (χ0) is 22.7. The third-order valence-electron chi connectivity index (χ3n) is 5.99. The van der Waals surface area contributed by atoms with E-state index >= 15 is 0 Å². The van der Waals surface area contributed by atoms with E-state index in [-0.39, 0.29) is 30.9 Å². The Bertz CT molecular complexity index is 1030. The number of rotatable bonds is 7. The summed E-state index contributed by atoms with van der Waals surface area (Å²) in [6, 6.07) is 11.7. The Morgan fingerprint density at radius 2 is 1.88 bits per heavy atom. The van der Waals surface area contributed by atoms with Gasteiger partial charge in [-0.15, -0.1) is 0 Å². The van der Waals surface area contributed by atoms with Crippen LogP contribution in [0.3, 0.4) is 0 Å². The van der Waals surface area contributed by atoms with Gasteiger partial charge in [-0.25, -0.2) is 0 Å². The van der Waals surface area contributed by atoms with Crippen molar-refractivity contribution >= 4 is 17.7 Å². The molecule has 1 aliphatic heterocycles. The summed E-state index contributed by atoms with van der Waals surface area (Å²) in [4.78, 5) is 39.3. The summed E-state index contributed by atoms with van der Waals surface area (Å²) in [6.45, 7) is 2.16. The number of imide groups is 1. The molecule has 2 aromatic carbocycles. The number of hydrogen-bond donors (Lipinski definition) is 1. The van der Waals surface area contributed by atoms with E-state index in [0.717, 1.165) is 36.8 Å². The van der Waals surface area contributed by atoms with Crippen LogP contribution in [0.5, 0.6) is 11.5 Å². The first-order valence-electron chi connectivity index (χ1n) is 11.0. The standard InChI is InChI=1S/C25H28N2O5/c1-16-6-5-7-17(12-16)15-27-23(28)14-20(25(27)30)26-24(29)18-10-11-21(31-2)22(13-18)32-19-8-3-4-9-19/h5-7,10-13,19-20H,3-4,8-9,14-15H2,1-2H3,(H,26,29)/t20-/m0/s1. The second-order valence-corrected chi connectivity index (χ2v) is 8.43. The van der Waals surface area contributed by atoms with Crippen LogP contribution in [0.25, 0.3) is 0 Å². The molecule has 0 spiro atoms. The van der Waals surface area contributed by atoms with Crippen molar-refractivity contribution < 1.29 is 23.9 Å². The molecule has 2 fully saturated rings. The first-order valence-corrected chi connectivity index (χ1v) is 11.0. The maximum Gasteiger partial charge on any atom is 0.252 e. The van der Waals surface area contributed by atoms with E-state index in [1.54, 1.807) is 25.3 Å². The van der Waals surface area contributed by atoms with Gasteiger partial charge in [0.15, 0.2) is 11.5 Å². The lowest BCUT2D eigenvalue weighted by Crippen LogP contribution is -2.41.